The summed E-state index contributed by atoms with van der Waals surface area (Å²) in [6.07, 6.45) is 2.15. The van der Waals surface area contributed by atoms with Crippen LogP contribution in [0.4, 0.5) is 0 Å². The van der Waals surface area contributed by atoms with E-state index < -0.39 is 0 Å². The highest BCUT2D eigenvalue weighted by molar-refractivity contribution is 5.35. The molecule has 0 bridgehead atoms. The molecule has 0 aliphatic heterocycles. The topological polar surface area (TPSA) is 74.5 Å². The molecule has 3 rings (SSSR count). The number of rotatable bonds is 3. The third-order valence-electron chi connectivity index (χ3n) is 3.11. The van der Waals surface area contributed by atoms with E-state index in [1.807, 2.05) is 36.4 Å². The van der Waals surface area contributed by atoms with Crippen LogP contribution in [0.3, 0.4) is 0 Å². The molecule has 2 heterocycles. The third-order valence-corrected chi connectivity index (χ3v) is 3.11. The Balaban J connectivity index is 1.95. The van der Waals surface area contributed by atoms with E-state index in [2.05, 4.69) is 10.1 Å². The summed E-state index contributed by atoms with van der Waals surface area (Å²) >= 11 is 0. The summed E-state index contributed by atoms with van der Waals surface area (Å²) in [5.41, 5.74) is 2.19. The molecular weight excluding hydrogens is 264 g/mol. The fourth-order valence-corrected chi connectivity index (χ4v) is 2.13. The first-order chi connectivity index (χ1) is 10.3. The number of nitrogens with zero attached hydrogens (tertiary/aromatic N) is 3. The van der Waals surface area contributed by atoms with Crippen molar-refractivity contribution in [2.75, 3.05) is 0 Å². The van der Waals surface area contributed by atoms with Gasteiger partial charge >= 0.3 is 0 Å². The third kappa shape index (κ3) is 2.74. The number of pyridine rings is 1. The summed E-state index contributed by atoms with van der Waals surface area (Å²) in [7, 11) is 0. The first-order valence-corrected chi connectivity index (χ1v) is 6.47. The van der Waals surface area contributed by atoms with Crippen molar-refractivity contribution >= 4 is 0 Å². The molecule has 0 unspecified atom stereocenters. The molecule has 102 valence electrons. The van der Waals surface area contributed by atoms with Crippen molar-refractivity contribution in [1.82, 2.24) is 14.8 Å². The zero-order valence-electron chi connectivity index (χ0n) is 11.2. The van der Waals surface area contributed by atoms with Crippen LogP contribution in [0.5, 0.6) is 0 Å². The predicted molar refractivity (Wildman–Crippen MR) is 78.1 cm³/mol. The highest BCUT2D eigenvalue weighted by Gasteiger charge is 2.07. The molecule has 0 fully saturated rings. The van der Waals surface area contributed by atoms with Gasteiger partial charge in [-0.3, -0.25) is 9.89 Å². The van der Waals surface area contributed by atoms with Crippen LogP contribution in [0.1, 0.15) is 16.8 Å². The van der Waals surface area contributed by atoms with Gasteiger partial charge in [0.1, 0.15) is 0 Å². The molecule has 0 spiro atoms. The first-order valence-electron chi connectivity index (χ1n) is 6.47. The Morgan fingerprint density at radius 1 is 1.19 bits per heavy atom. The maximum Gasteiger partial charge on any atom is 0.272 e. The molecule has 0 saturated heterocycles. The zero-order valence-corrected chi connectivity index (χ0v) is 11.2. The van der Waals surface area contributed by atoms with Gasteiger partial charge < -0.3 is 0 Å². The summed E-state index contributed by atoms with van der Waals surface area (Å²) in [4.78, 5) is 16.2. The second kappa shape index (κ2) is 5.47. The van der Waals surface area contributed by atoms with Crippen molar-refractivity contribution in [2.45, 2.75) is 6.42 Å². The predicted octanol–water partition coefficient (Wildman–Crippen LogP) is 2.02. The van der Waals surface area contributed by atoms with Gasteiger partial charge in [-0.05, 0) is 11.6 Å². The average Bonchev–Trinajstić information content (AvgIpc) is 2.89. The van der Waals surface area contributed by atoms with Gasteiger partial charge in [0.25, 0.3) is 5.56 Å². The number of benzene rings is 1. The minimum Gasteiger partial charge on any atom is -0.293 e. The summed E-state index contributed by atoms with van der Waals surface area (Å²) < 4.78 is 1.35. The van der Waals surface area contributed by atoms with E-state index in [4.69, 9.17) is 5.26 Å². The van der Waals surface area contributed by atoms with Gasteiger partial charge in [-0.1, -0.05) is 30.3 Å². The lowest BCUT2D eigenvalue weighted by Crippen LogP contribution is -2.14. The summed E-state index contributed by atoms with van der Waals surface area (Å²) in [5.74, 6) is 0.415. The molecule has 0 amide bonds. The fourth-order valence-electron chi connectivity index (χ4n) is 2.13. The molecule has 5 heteroatoms. The van der Waals surface area contributed by atoms with Crippen LogP contribution in [-0.2, 0) is 6.42 Å². The van der Waals surface area contributed by atoms with E-state index in [1.165, 1.54) is 10.9 Å². The van der Waals surface area contributed by atoms with Crippen molar-refractivity contribution in [1.29, 1.82) is 5.26 Å². The van der Waals surface area contributed by atoms with Crippen molar-refractivity contribution in [3.8, 4) is 11.9 Å². The van der Waals surface area contributed by atoms with Crippen LogP contribution in [0.2, 0.25) is 0 Å². The SMILES string of the molecule is N#Cc1ccnc(-n2[nH]c(Cc3ccccc3)cc2=O)c1. The van der Waals surface area contributed by atoms with Crippen molar-refractivity contribution in [3.63, 3.8) is 0 Å². The highest BCUT2D eigenvalue weighted by Crippen LogP contribution is 2.08. The lowest BCUT2D eigenvalue weighted by molar-refractivity contribution is 0.798. The molecular formula is C16H12N4O. The quantitative estimate of drug-likeness (QED) is 0.795. The molecule has 5 nitrogen and oxygen atoms in total. The van der Waals surface area contributed by atoms with E-state index in [0.29, 0.717) is 17.8 Å². The lowest BCUT2D eigenvalue weighted by Gasteiger charge is -2.01. The number of hydrogen-bond donors (Lipinski definition) is 1. The monoisotopic (exact) mass is 276 g/mol. The van der Waals surface area contributed by atoms with Gasteiger partial charge in [0.15, 0.2) is 5.82 Å². The van der Waals surface area contributed by atoms with Crippen LogP contribution in [0, 0.1) is 11.3 Å². The molecule has 0 aliphatic rings. The molecule has 2 aromatic heterocycles. The van der Waals surface area contributed by atoms with E-state index >= 15 is 0 Å². The minimum absolute atomic E-state index is 0.191. The molecule has 0 saturated carbocycles. The van der Waals surface area contributed by atoms with Crippen LogP contribution in [0.15, 0.2) is 59.5 Å². The molecule has 3 aromatic rings. The van der Waals surface area contributed by atoms with E-state index in [-0.39, 0.29) is 5.56 Å². The maximum atomic E-state index is 12.0. The van der Waals surface area contributed by atoms with Crippen molar-refractivity contribution in [2.24, 2.45) is 0 Å². The number of nitrogens with one attached hydrogen (secondary N) is 1. The van der Waals surface area contributed by atoms with Gasteiger partial charge in [0.2, 0.25) is 0 Å². The molecule has 1 N–H and O–H groups in total. The van der Waals surface area contributed by atoms with Crippen molar-refractivity contribution < 1.29 is 0 Å². The van der Waals surface area contributed by atoms with E-state index in [1.54, 1.807) is 18.2 Å². The van der Waals surface area contributed by atoms with E-state index in [0.717, 1.165) is 11.3 Å². The Bertz CT molecular complexity index is 856. The molecule has 1 aromatic carbocycles. The van der Waals surface area contributed by atoms with Crippen LogP contribution in [-0.4, -0.2) is 14.8 Å². The molecule has 0 aliphatic carbocycles. The standard InChI is InChI=1S/C16H12N4O/c17-11-13-6-7-18-15(9-13)20-16(21)10-14(19-20)8-12-4-2-1-3-5-12/h1-7,9-10,19H,8H2. The van der Waals surface area contributed by atoms with Gasteiger partial charge in [-0.2, -0.15) is 5.26 Å². The number of hydrogen-bond acceptors (Lipinski definition) is 3. The fraction of sp³-hybridized carbons (Fsp3) is 0.0625. The Labute approximate surface area is 121 Å². The number of nitriles is 1. The Morgan fingerprint density at radius 3 is 2.76 bits per heavy atom. The number of aromatic nitrogens is 3. The number of aromatic amines is 1. The second-order valence-electron chi connectivity index (χ2n) is 4.63. The van der Waals surface area contributed by atoms with Crippen LogP contribution >= 0.6 is 0 Å². The Kier molecular flexibility index (Phi) is 3.36. The van der Waals surface area contributed by atoms with Gasteiger partial charge in [-0.15, -0.1) is 0 Å². The zero-order chi connectivity index (χ0) is 14.7. The number of H-pyrrole nitrogens is 1. The Morgan fingerprint density at radius 2 is 2.00 bits per heavy atom. The maximum absolute atomic E-state index is 12.0. The normalized spacial score (nSPS) is 10.2. The lowest BCUT2D eigenvalue weighted by atomic mass is 10.1. The van der Waals surface area contributed by atoms with Crippen LogP contribution in [0.25, 0.3) is 5.82 Å². The molecule has 0 atom stereocenters. The summed E-state index contributed by atoms with van der Waals surface area (Å²) in [6, 6.07) is 16.6. The van der Waals surface area contributed by atoms with Crippen LogP contribution < -0.4 is 5.56 Å². The Hall–Kier alpha value is -3.13. The molecule has 0 radical (unpaired) electrons. The highest BCUT2D eigenvalue weighted by atomic mass is 16.1. The smallest absolute Gasteiger partial charge is 0.272 e. The largest absolute Gasteiger partial charge is 0.293 e. The van der Waals surface area contributed by atoms with Gasteiger partial charge in [0, 0.05) is 30.4 Å². The van der Waals surface area contributed by atoms with Crippen molar-refractivity contribution in [3.05, 3.63) is 81.9 Å². The summed E-state index contributed by atoms with van der Waals surface area (Å²) in [5, 5.41) is 11.9. The van der Waals surface area contributed by atoms with Gasteiger partial charge in [-0.25, -0.2) is 9.67 Å². The van der Waals surface area contributed by atoms with Gasteiger partial charge in [0.05, 0.1) is 11.6 Å². The van der Waals surface area contributed by atoms with E-state index in [9.17, 15) is 4.79 Å². The first kappa shape index (κ1) is 12.9. The second-order valence-corrected chi connectivity index (χ2v) is 4.63. The minimum atomic E-state index is -0.191. The summed E-state index contributed by atoms with van der Waals surface area (Å²) in [6.45, 7) is 0. The average molecular weight is 276 g/mol. The molecule has 21 heavy (non-hydrogen) atoms.